The van der Waals surface area contributed by atoms with Crippen molar-refractivity contribution in [2.24, 2.45) is 0 Å². The third-order valence-corrected chi connectivity index (χ3v) is 4.43. The Kier molecular flexibility index (Phi) is 4.35. The van der Waals surface area contributed by atoms with E-state index in [9.17, 15) is 10.1 Å². The fraction of sp³-hybridized carbons (Fsp3) is 0.333. The van der Waals surface area contributed by atoms with Gasteiger partial charge in [-0.1, -0.05) is 11.3 Å². The van der Waals surface area contributed by atoms with Crippen LogP contribution >= 0.6 is 34.7 Å². The van der Waals surface area contributed by atoms with Gasteiger partial charge in [0.25, 0.3) is 0 Å². The Morgan fingerprint density at radius 1 is 1.35 bits per heavy atom. The molecule has 0 N–H and O–H groups in total. The topological polar surface area (TPSA) is 97.9 Å². The molecule has 0 aliphatic heterocycles. The first-order valence-electron chi connectivity index (χ1n) is 5.25. The first-order chi connectivity index (χ1) is 9.38. The van der Waals surface area contributed by atoms with Crippen LogP contribution in [0.1, 0.15) is 5.69 Å². The fourth-order valence-electron chi connectivity index (χ4n) is 1.30. The molecule has 0 saturated heterocycles. The number of nitro groups is 1. The minimum absolute atomic E-state index is 0.0343. The summed E-state index contributed by atoms with van der Waals surface area (Å²) in [7, 11) is 3.67. The highest BCUT2D eigenvalue weighted by Gasteiger charge is 2.24. The van der Waals surface area contributed by atoms with Crippen LogP contribution in [0.15, 0.2) is 9.37 Å². The first kappa shape index (κ1) is 14.9. The van der Waals surface area contributed by atoms with E-state index in [0.29, 0.717) is 9.47 Å². The molecule has 0 saturated carbocycles. The van der Waals surface area contributed by atoms with Gasteiger partial charge in [0.05, 0.1) is 4.92 Å². The molecule has 0 unspecified atom stereocenters. The largest absolute Gasteiger partial charge is 0.353 e. The molecular formula is C9H9ClN6O2S2. The Morgan fingerprint density at radius 3 is 2.60 bits per heavy atom. The van der Waals surface area contributed by atoms with Gasteiger partial charge >= 0.3 is 5.69 Å². The van der Waals surface area contributed by atoms with Crippen LogP contribution in [-0.4, -0.2) is 39.2 Å². The highest BCUT2D eigenvalue weighted by molar-refractivity contribution is 8.01. The van der Waals surface area contributed by atoms with Crippen LogP contribution in [0.2, 0.25) is 5.28 Å². The molecule has 0 radical (unpaired) electrons. The zero-order valence-electron chi connectivity index (χ0n) is 10.7. The second-order valence-electron chi connectivity index (χ2n) is 3.84. The fourth-order valence-corrected chi connectivity index (χ4v) is 3.39. The zero-order valence-corrected chi connectivity index (χ0v) is 13.1. The minimum atomic E-state index is -0.526. The van der Waals surface area contributed by atoms with Crippen LogP contribution in [0.4, 0.5) is 10.8 Å². The maximum absolute atomic E-state index is 11.1. The molecule has 2 aromatic heterocycles. The Labute approximate surface area is 127 Å². The van der Waals surface area contributed by atoms with Crippen LogP contribution in [0.25, 0.3) is 0 Å². The lowest BCUT2D eigenvalue weighted by Crippen LogP contribution is -2.07. The van der Waals surface area contributed by atoms with Gasteiger partial charge in [-0.05, 0) is 30.3 Å². The highest BCUT2D eigenvalue weighted by Crippen LogP contribution is 2.37. The summed E-state index contributed by atoms with van der Waals surface area (Å²) in [6.45, 7) is 1.51. The summed E-state index contributed by atoms with van der Waals surface area (Å²) in [5.41, 5.74) is 0.0517. The van der Waals surface area contributed by atoms with Crippen LogP contribution in [0.3, 0.4) is 0 Å². The van der Waals surface area contributed by atoms with Crippen LogP contribution < -0.4 is 4.90 Å². The molecular weight excluding hydrogens is 324 g/mol. The Balaban J connectivity index is 2.39. The molecule has 0 atom stereocenters. The molecule has 2 rings (SSSR count). The van der Waals surface area contributed by atoms with E-state index in [1.165, 1.54) is 18.3 Å². The zero-order chi connectivity index (χ0) is 14.9. The molecule has 0 aliphatic rings. The van der Waals surface area contributed by atoms with Crippen molar-refractivity contribution in [1.82, 2.24) is 20.2 Å². The van der Waals surface area contributed by atoms with Crippen molar-refractivity contribution >= 4 is 45.5 Å². The van der Waals surface area contributed by atoms with Gasteiger partial charge in [-0.2, -0.15) is 0 Å². The number of aryl methyl sites for hydroxylation is 1. The van der Waals surface area contributed by atoms with Crippen molar-refractivity contribution in [2.75, 3.05) is 19.0 Å². The van der Waals surface area contributed by atoms with E-state index in [0.717, 1.165) is 11.8 Å². The molecule has 106 valence electrons. The first-order valence-corrected chi connectivity index (χ1v) is 7.26. The number of hydrogen-bond acceptors (Lipinski definition) is 9. The predicted molar refractivity (Wildman–Crippen MR) is 76.8 cm³/mol. The van der Waals surface area contributed by atoms with E-state index in [4.69, 9.17) is 11.6 Å². The molecule has 0 aromatic carbocycles. The van der Waals surface area contributed by atoms with Gasteiger partial charge in [-0.3, -0.25) is 10.1 Å². The van der Waals surface area contributed by atoms with Crippen molar-refractivity contribution < 1.29 is 4.92 Å². The number of halogens is 1. The third-order valence-electron chi connectivity index (χ3n) is 2.14. The van der Waals surface area contributed by atoms with Gasteiger partial charge in [-0.25, -0.2) is 9.97 Å². The minimum Gasteiger partial charge on any atom is -0.353 e. The lowest BCUT2D eigenvalue weighted by molar-refractivity contribution is -0.389. The van der Waals surface area contributed by atoms with Gasteiger partial charge in [0.1, 0.15) is 5.69 Å². The summed E-state index contributed by atoms with van der Waals surface area (Å²) in [5, 5.41) is 19.8. The SMILES string of the molecule is Cc1nc(Cl)nc(Sc2nnc(N(C)C)s2)c1[N+](=O)[O-]. The number of rotatable bonds is 4. The van der Waals surface area contributed by atoms with Crippen molar-refractivity contribution in [3.8, 4) is 0 Å². The maximum atomic E-state index is 11.1. The molecule has 0 bridgehead atoms. The molecule has 11 heteroatoms. The van der Waals surface area contributed by atoms with Crippen molar-refractivity contribution in [3.05, 3.63) is 21.1 Å². The van der Waals surface area contributed by atoms with Gasteiger partial charge in [0, 0.05) is 14.1 Å². The van der Waals surface area contributed by atoms with E-state index in [2.05, 4.69) is 20.2 Å². The summed E-state index contributed by atoms with van der Waals surface area (Å²) in [6, 6.07) is 0. The van der Waals surface area contributed by atoms with E-state index < -0.39 is 4.92 Å². The Hall–Kier alpha value is -1.52. The molecule has 0 aliphatic carbocycles. The van der Waals surface area contributed by atoms with Crippen LogP contribution in [0, 0.1) is 17.0 Å². The predicted octanol–water partition coefficient (Wildman–Crippen LogP) is 2.42. The normalized spacial score (nSPS) is 10.6. The molecule has 0 spiro atoms. The molecule has 0 amide bonds. The molecule has 2 aromatic rings. The Morgan fingerprint density at radius 2 is 2.05 bits per heavy atom. The van der Waals surface area contributed by atoms with Gasteiger partial charge < -0.3 is 4.90 Å². The summed E-state index contributed by atoms with van der Waals surface area (Å²) in [5.74, 6) is 0. The summed E-state index contributed by atoms with van der Waals surface area (Å²) in [4.78, 5) is 20.1. The van der Waals surface area contributed by atoms with Gasteiger partial charge in [-0.15, -0.1) is 10.2 Å². The molecule has 8 nitrogen and oxygen atoms in total. The lowest BCUT2D eigenvalue weighted by atomic mass is 10.4. The quantitative estimate of drug-likeness (QED) is 0.364. The van der Waals surface area contributed by atoms with Crippen molar-refractivity contribution in [1.29, 1.82) is 0 Å². The number of nitrogens with zero attached hydrogens (tertiary/aromatic N) is 6. The second-order valence-corrected chi connectivity index (χ2v) is 6.37. The summed E-state index contributed by atoms with van der Waals surface area (Å²) >= 11 is 8.11. The molecule has 0 fully saturated rings. The number of anilines is 1. The Bertz CT molecular complexity index is 662. The van der Waals surface area contributed by atoms with Gasteiger partial charge in [0.2, 0.25) is 10.4 Å². The number of aromatic nitrogens is 4. The van der Waals surface area contributed by atoms with Crippen LogP contribution in [0.5, 0.6) is 0 Å². The van der Waals surface area contributed by atoms with E-state index in [-0.39, 0.29) is 21.7 Å². The smallest absolute Gasteiger partial charge is 0.322 e. The molecule has 20 heavy (non-hydrogen) atoms. The average Bonchev–Trinajstić information content (AvgIpc) is 2.75. The number of hydrogen-bond donors (Lipinski definition) is 0. The third kappa shape index (κ3) is 3.14. The summed E-state index contributed by atoms with van der Waals surface area (Å²) in [6.07, 6.45) is 0. The highest BCUT2D eigenvalue weighted by atomic mass is 35.5. The van der Waals surface area contributed by atoms with Crippen LogP contribution in [-0.2, 0) is 0 Å². The van der Waals surface area contributed by atoms with Crippen molar-refractivity contribution in [3.63, 3.8) is 0 Å². The van der Waals surface area contributed by atoms with E-state index in [1.54, 1.807) is 4.90 Å². The molecule has 2 heterocycles. The monoisotopic (exact) mass is 332 g/mol. The standard InChI is InChI=1S/C9H9ClN6O2S2/c1-4-5(16(17)18)6(12-7(10)11-4)19-9-14-13-8(20-9)15(2)3/h1-3H3. The summed E-state index contributed by atoms with van der Waals surface area (Å²) < 4.78 is 0.547. The van der Waals surface area contributed by atoms with Crippen molar-refractivity contribution in [2.45, 2.75) is 16.3 Å². The average molecular weight is 333 g/mol. The second kappa shape index (κ2) is 5.85. The lowest BCUT2D eigenvalue weighted by Gasteiger charge is -2.04. The van der Waals surface area contributed by atoms with Gasteiger partial charge in [0.15, 0.2) is 9.37 Å². The maximum Gasteiger partial charge on any atom is 0.322 e. The van der Waals surface area contributed by atoms with E-state index in [1.807, 2.05) is 14.1 Å². The van der Waals surface area contributed by atoms with E-state index >= 15 is 0 Å².